The molecule has 242 valence electrons. The molecule has 0 bridgehead atoms. The summed E-state index contributed by atoms with van der Waals surface area (Å²) in [7, 11) is 0. The molecule has 2 aromatic rings. The molecule has 5 atom stereocenters. The predicted molar refractivity (Wildman–Crippen MR) is 177 cm³/mol. The second kappa shape index (κ2) is 15.4. The summed E-state index contributed by atoms with van der Waals surface area (Å²) < 4.78 is 10.9. The minimum absolute atomic E-state index is 0.0478. The highest BCUT2D eigenvalue weighted by Gasteiger charge is 2.32. The summed E-state index contributed by atoms with van der Waals surface area (Å²) in [5.41, 5.74) is 2.89. The Morgan fingerprint density at radius 1 is 0.909 bits per heavy atom. The Morgan fingerprint density at radius 2 is 1.55 bits per heavy atom. The minimum atomic E-state index is -0.583. The van der Waals surface area contributed by atoms with Crippen molar-refractivity contribution in [1.29, 1.82) is 5.41 Å². The topological polar surface area (TPSA) is 118 Å². The number of alkyl carbamates (subject to hydrolysis) is 1. The molecule has 0 spiro atoms. The largest absolute Gasteiger partial charge is 0.460 e. The van der Waals surface area contributed by atoms with Gasteiger partial charge in [-0.1, -0.05) is 63.6 Å². The number of aryl methyl sites for hydroxylation is 1. The molecule has 0 aliphatic heterocycles. The van der Waals surface area contributed by atoms with Gasteiger partial charge in [0.2, 0.25) is 5.91 Å². The third-order valence-corrected chi connectivity index (χ3v) is 7.90. The summed E-state index contributed by atoms with van der Waals surface area (Å²) in [6, 6.07) is 13.5. The van der Waals surface area contributed by atoms with E-state index in [1.165, 1.54) is 6.21 Å². The second-order valence-electron chi connectivity index (χ2n) is 14.0. The zero-order chi connectivity index (χ0) is 33.4. The van der Waals surface area contributed by atoms with E-state index in [4.69, 9.17) is 14.9 Å². The SMILES string of the molecule is Cc1cccc(C(C(=O)Nc2ccc(C(C)[C@@H](C)C(=O)OC(C)(C)C)c(C=N)c2)C(C)C(C)CCNC(=O)OC(C)(C)C)c1. The van der Waals surface area contributed by atoms with Crippen molar-refractivity contribution < 1.29 is 23.9 Å². The van der Waals surface area contributed by atoms with Gasteiger partial charge in [0.25, 0.3) is 0 Å². The molecule has 2 rings (SSSR count). The average Bonchev–Trinajstić information content (AvgIpc) is 2.90. The summed E-state index contributed by atoms with van der Waals surface area (Å²) in [6.45, 7) is 21.4. The summed E-state index contributed by atoms with van der Waals surface area (Å²) in [5, 5.41) is 14.0. The lowest BCUT2D eigenvalue weighted by atomic mass is 9.77. The Morgan fingerprint density at radius 3 is 2.11 bits per heavy atom. The molecule has 44 heavy (non-hydrogen) atoms. The van der Waals surface area contributed by atoms with Crippen LogP contribution in [0, 0.1) is 30.1 Å². The van der Waals surface area contributed by atoms with Crippen molar-refractivity contribution in [2.75, 3.05) is 11.9 Å². The van der Waals surface area contributed by atoms with Gasteiger partial charge in [-0.25, -0.2) is 4.79 Å². The molecule has 2 amide bonds. The number of rotatable bonds is 12. The van der Waals surface area contributed by atoms with E-state index in [1.54, 1.807) is 6.07 Å². The number of nitrogens with one attached hydrogen (secondary N) is 3. The van der Waals surface area contributed by atoms with Gasteiger partial charge in [0.15, 0.2) is 0 Å². The fourth-order valence-corrected chi connectivity index (χ4v) is 5.15. The molecule has 8 heteroatoms. The van der Waals surface area contributed by atoms with Gasteiger partial charge in [0.1, 0.15) is 11.2 Å². The molecule has 0 fully saturated rings. The first kappa shape index (κ1) is 36.5. The Balaban J connectivity index is 2.26. The molecule has 8 nitrogen and oxygen atoms in total. The van der Waals surface area contributed by atoms with Crippen LogP contribution in [0.5, 0.6) is 0 Å². The number of carbonyl (C=O) groups excluding carboxylic acids is 3. The first-order chi connectivity index (χ1) is 20.3. The van der Waals surface area contributed by atoms with Crippen molar-refractivity contribution >= 4 is 29.9 Å². The Bertz CT molecular complexity index is 1310. The summed E-state index contributed by atoms with van der Waals surface area (Å²) in [4.78, 5) is 38.8. The molecule has 0 radical (unpaired) electrons. The fourth-order valence-electron chi connectivity index (χ4n) is 5.15. The average molecular weight is 608 g/mol. The molecular formula is C36H53N3O5. The summed E-state index contributed by atoms with van der Waals surface area (Å²) in [5.74, 6) is -1.42. The lowest BCUT2D eigenvalue weighted by Crippen LogP contribution is -2.35. The maximum Gasteiger partial charge on any atom is 0.407 e. The predicted octanol–water partition coefficient (Wildman–Crippen LogP) is 7.98. The summed E-state index contributed by atoms with van der Waals surface area (Å²) >= 11 is 0. The molecule has 0 aliphatic rings. The Hall–Kier alpha value is -3.68. The zero-order valence-electron chi connectivity index (χ0n) is 28.5. The number of hydrogen-bond donors (Lipinski definition) is 3. The zero-order valence-corrected chi connectivity index (χ0v) is 28.5. The first-order valence-corrected chi connectivity index (χ1v) is 15.5. The molecule has 2 aromatic carbocycles. The van der Waals surface area contributed by atoms with E-state index in [9.17, 15) is 14.4 Å². The number of esters is 1. The van der Waals surface area contributed by atoms with Crippen molar-refractivity contribution in [3.8, 4) is 0 Å². The second-order valence-corrected chi connectivity index (χ2v) is 14.0. The van der Waals surface area contributed by atoms with Crippen molar-refractivity contribution in [3.63, 3.8) is 0 Å². The van der Waals surface area contributed by atoms with E-state index in [0.29, 0.717) is 24.2 Å². The van der Waals surface area contributed by atoms with Gasteiger partial charge < -0.3 is 25.5 Å². The molecule has 4 unspecified atom stereocenters. The van der Waals surface area contributed by atoms with Gasteiger partial charge in [-0.2, -0.15) is 0 Å². The van der Waals surface area contributed by atoms with Gasteiger partial charge in [-0.15, -0.1) is 0 Å². The van der Waals surface area contributed by atoms with Crippen LogP contribution < -0.4 is 10.6 Å². The maximum absolute atomic E-state index is 13.9. The molecule has 0 heterocycles. The molecule has 3 N–H and O–H groups in total. The van der Waals surface area contributed by atoms with Crippen molar-refractivity contribution in [2.24, 2.45) is 17.8 Å². The van der Waals surface area contributed by atoms with Gasteiger partial charge >= 0.3 is 12.1 Å². The minimum Gasteiger partial charge on any atom is -0.460 e. The fraction of sp³-hybridized carbons (Fsp3) is 0.556. The van der Waals surface area contributed by atoms with Crippen molar-refractivity contribution in [3.05, 3.63) is 64.7 Å². The number of amides is 2. The van der Waals surface area contributed by atoms with E-state index in [0.717, 1.165) is 16.7 Å². The van der Waals surface area contributed by atoms with Crippen LogP contribution in [0.1, 0.15) is 110 Å². The van der Waals surface area contributed by atoms with Crippen LogP contribution in [0.4, 0.5) is 10.5 Å². The van der Waals surface area contributed by atoms with Crippen molar-refractivity contribution in [1.82, 2.24) is 5.32 Å². The summed E-state index contributed by atoms with van der Waals surface area (Å²) in [6.07, 6.45) is 1.48. The number of anilines is 1. The monoisotopic (exact) mass is 607 g/mol. The first-order valence-electron chi connectivity index (χ1n) is 15.5. The molecule has 0 aromatic heterocycles. The third-order valence-electron chi connectivity index (χ3n) is 7.90. The molecule has 0 aliphatic carbocycles. The highest BCUT2D eigenvalue weighted by Crippen LogP contribution is 2.35. The third kappa shape index (κ3) is 11.1. The van der Waals surface area contributed by atoms with E-state index in [-0.39, 0.29) is 29.6 Å². The van der Waals surface area contributed by atoms with Crippen LogP contribution in [0.3, 0.4) is 0 Å². The number of benzene rings is 2. The molecule has 0 saturated carbocycles. The van der Waals surface area contributed by atoms with E-state index >= 15 is 0 Å². The van der Waals surface area contributed by atoms with Gasteiger partial charge in [0, 0.05) is 18.4 Å². The van der Waals surface area contributed by atoms with Crippen LogP contribution in [0.15, 0.2) is 42.5 Å². The normalized spacial score (nSPS) is 15.2. The molecular weight excluding hydrogens is 554 g/mol. The van der Waals surface area contributed by atoms with Gasteiger partial charge in [-0.3, -0.25) is 9.59 Å². The van der Waals surface area contributed by atoms with Gasteiger partial charge in [0.05, 0.1) is 11.8 Å². The number of hydrogen-bond acceptors (Lipinski definition) is 6. The van der Waals surface area contributed by atoms with E-state index in [1.807, 2.05) is 98.7 Å². The lowest BCUT2D eigenvalue weighted by Gasteiger charge is -2.29. The van der Waals surface area contributed by atoms with E-state index < -0.39 is 29.1 Å². The quantitative estimate of drug-likeness (QED) is 0.167. The molecule has 0 saturated heterocycles. The van der Waals surface area contributed by atoms with Crippen LogP contribution in [0.2, 0.25) is 0 Å². The standard InChI is InChI=1S/C36H53N3O5/c1-22-13-12-14-27(19-22)31(24(3)23(2)17-18-38-34(42)44-36(9,10)11)32(40)39-29-15-16-30(28(20-29)21-37)25(4)26(5)33(41)43-35(6,7)8/h12-16,19-21,23-26,31,37H,17-18H2,1-11H3,(H,38,42)(H,39,40)/t23?,24?,25?,26-,31?/m1/s1. The smallest absolute Gasteiger partial charge is 0.407 e. The Kier molecular flexibility index (Phi) is 12.7. The van der Waals surface area contributed by atoms with Crippen LogP contribution >= 0.6 is 0 Å². The van der Waals surface area contributed by atoms with Crippen LogP contribution in [0.25, 0.3) is 0 Å². The number of ether oxygens (including phenoxy) is 2. The van der Waals surface area contributed by atoms with Crippen LogP contribution in [-0.2, 0) is 19.1 Å². The maximum atomic E-state index is 13.9. The van der Waals surface area contributed by atoms with Crippen LogP contribution in [-0.4, -0.2) is 41.9 Å². The lowest BCUT2D eigenvalue weighted by molar-refractivity contribution is -0.160. The Labute approximate surface area is 264 Å². The van der Waals surface area contributed by atoms with Gasteiger partial charge in [-0.05, 0) is 101 Å². The highest BCUT2D eigenvalue weighted by molar-refractivity contribution is 5.97. The van der Waals surface area contributed by atoms with Crippen molar-refractivity contribution in [2.45, 2.75) is 106 Å². The number of carbonyl (C=O) groups is 3. The van der Waals surface area contributed by atoms with E-state index in [2.05, 4.69) is 24.5 Å². The highest BCUT2D eigenvalue weighted by atomic mass is 16.6.